The Kier molecular flexibility index (Phi) is 8.29. The van der Waals surface area contributed by atoms with Crippen LogP contribution in [0, 0.1) is 6.92 Å². The van der Waals surface area contributed by atoms with Gasteiger partial charge in [-0.1, -0.05) is 12.1 Å². The van der Waals surface area contributed by atoms with Gasteiger partial charge in [-0.15, -0.1) is 0 Å². The molecule has 1 aromatic heterocycles. The summed E-state index contributed by atoms with van der Waals surface area (Å²) in [6, 6.07) is 12.9. The molecule has 14 nitrogen and oxygen atoms in total. The Labute approximate surface area is 260 Å². The number of hydrogen-bond acceptors (Lipinski definition) is 13. The minimum Gasteiger partial charge on any atom is -0.507 e. The number of fused-ring (bicyclic) bond motifs is 1. The molecular weight excluding hydrogens is 574 g/mol. The van der Waals surface area contributed by atoms with Gasteiger partial charge in [0.2, 0.25) is 17.8 Å². The lowest BCUT2D eigenvalue weighted by Gasteiger charge is -2.37. The van der Waals surface area contributed by atoms with Crippen molar-refractivity contribution in [1.82, 2.24) is 15.0 Å². The van der Waals surface area contributed by atoms with Gasteiger partial charge < -0.3 is 53.6 Å². The van der Waals surface area contributed by atoms with Gasteiger partial charge in [0, 0.05) is 67.1 Å². The van der Waals surface area contributed by atoms with Crippen LogP contribution >= 0.6 is 0 Å². The molecule has 0 unspecified atom stereocenters. The summed E-state index contributed by atoms with van der Waals surface area (Å²) in [6.45, 7) is 4.12. The number of rotatable bonds is 6. The molecule has 2 aliphatic rings. The van der Waals surface area contributed by atoms with Gasteiger partial charge in [-0.25, -0.2) is 0 Å². The standard InChI is InChI=1S/C31H39N11O3/c1-16-7-22(5-6-25(16)37-28(45)24-8-17-3-2-4-26(43)23(17)11-27(24)44)36-29-38-30(41-12-18(32)9-19(33)13-41)40-31(39-29)42-14-20(34)10-21(35)15-42/h2-8,11,18-21,43-44H,9-10,12-15,32-35H2,1H3,(H,37,45)(H,36,38,39,40)/t18-,19+,20-,21+. The van der Waals surface area contributed by atoms with E-state index in [-0.39, 0.29) is 41.2 Å². The van der Waals surface area contributed by atoms with Crippen LogP contribution in [0.2, 0.25) is 0 Å². The van der Waals surface area contributed by atoms with E-state index in [1.165, 1.54) is 12.1 Å². The van der Waals surface area contributed by atoms with Crippen LogP contribution in [0.3, 0.4) is 0 Å². The highest BCUT2D eigenvalue weighted by molar-refractivity contribution is 6.09. The first-order valence-electron chi connectivity index (χ1n) is 14.9. The Hall–Kier alpha value is -4.76. The van der Waals surface area contributed by atoms with Crippen LogP contribution in [0.15, 0.2) is 48.5 Å². The maximum atomic E-state index is 13.1. The molecule has 6 rings (SSSR count). The minimum atomic E-state index is -0.482. The van der Waals surface area contributed by atoms with E-state index in [0.717, 1.165) is 18.4 Å². The second-order valence-corrected chi connectivity index (χ2v) is 12.1. The molecule has 0 spiro atoms. The van der Waals surface area contributed by atoms with E-state index in [1.54, 1.807) is 30.3 Å². The fourth-order valence-electron chi connectivity index (χ4n) is 6.06. The molecule has 4 atom stereocenters. The molecule has 0 radical (unpaired) electrons. The van der Waals surface area contributed by atoms with Gasteiger partial charge in [-0.05, 0) is 67.1 Å². The van der Waals surface area contributed by atoms with Crippen molar-refractivity contribution in [3.63, 3.8) is 0 Å². The number of nitrogens with one attached hydrogen (secondary N) is 2. The zero-order chi connectivity index (χ0) is 31.8. The highest BCUT2D eigenvalue weighted by atomic mass is 16.3. The first-order valence-corrected chi connectivity index (χ1v) is 14.9. The molecule has 45 heavy (non-hydrogen) atoms. The number of aryl methyl sites for hydroxylation is 1. The molecule has 3 heterocycles. The van der Waals surface area contributed by atoms with Gasteiger partial charge in [-0.2, -0.15) is 15.0 Å². The fraction of sp³-hybridized carbons (Fsp3) is 0.355. The lowest BCUT2D eigenvalue weighted by Crippen LogP contribution is -2.54. The van der Waals surface area contributed by atoms with Crippen molar-refractivity contribution in [3.8, 4) is 11.5 Å². The van der Waals surface area contributed by atoms with Crippen molar-refractivity contribution in [2.75, 3.05) is 46.6 Å². The zero-order valence-corrected chi connectivity index (χ0v) is 25.0. The van der Waals surface area contributed by atoms with E-state index in [2.05, 4.69) is 10.6 Å². The highest BCUT2D eigenvalue weighted by Crippen LogP contribution is 2.32. The molecule has 12 N–H and O–H groups in total. The summed E-state index contributed by atoms with van der Waals surface area (Å²) in [7, 11) is 0. The Morgan fingerprint density at radius 2 is 1.40 bits per heavy atom. The predicted molar refractivity (Wildman–Crippen MR) is 175 cm³/mol. The number of benzene rings is 3. The van der Waals surface area contributed by atoms with E-state index in [4.69, 9.17) is 37.9 Å². The van der Waals surface area contributed by atoms with Gasteiger partial charge in [0.15, 0.2) is 0 Å². The Morgan fingerprint density at radius 1 is 0.800 bits per heavy atom. The highest BCUT2D eigenvalue weighted by Gasteiger charge is 2.29. The van der Waals surface area contributed by atoms with Crippen LogP contribution in [0.4, 0.5) is 29.2 Å². The number of phenols is 2. The average molecular weight is 614 g/mol. The number of phenolic OH excluding ortho intramolecular Hbond substituents is 2. The fourth-order valence-corrected chi connectivity index (χ4v) is 6.06. The molecule has 2 aliphatic heterocycles. The normalized spacial score (nSPS) is 22.0. The molecule has 1 amide bonds. The van der Waals surface area contributed by atoms with E-state index >= 15 is 0 Å². The molecule has 3 aromatic carbocycles. The van der Waals surface area contributed by atoms with Crippen molar-refractivity contribution in [1.29, 1.82) is 0 Å². The van der Waals surface area contributed by atoms with E-state index in [1.807, 2.05) is 22.8 Å². The summed E-state index contributed by atoms with van der Waals surface area (Å²) in [6.07, 6.45) is 1.45. The molecule has 14 heteroatoms. The monoisotopic (exact) mass is 613 g/mol. The first kappa shape index (κ1) is 30.3. The molecule has 4 aromatic rings. The topological polar surface area (TPSA) is 231 Å². The maximum Gasteiger partial charge on any atom is 0.259 e. The minimum absolute atomic E-state index is 0.0252. The summed E-state index contributed by atoms with van der Waals surface area (Å²) < 4.78 is 0. The second-order valence-electron chi connectivity index (χ2n) is 12.1. The summed E-state index contributed by atoms with van der Waals surface area (Å²) in [5.41, 5.74) is 27.2. The van der Waals surface area contributed by atoms with Crippen LogP contribution in [0.25, 0.3) is 10.8 Å². The summed E-state index contributed by atoms with van der Waals surface area (Å²) in [5.74, 6) is 0.567. The van der Waals surface area contributed by atoms with E-state index < -0.39 is 5.91 Å². The van der Waals surface area contributed by atoms with Gasteiger partial charge in [0.25, 0.3) is 5.91 Å². The SMILES string of the molecule is Cc1cc(Nc2nc(N3C[C@H](N)C[C@H](N)C3)nc(N3C[C@H](N)C[C@H](N)C3)n2)ccc1NC(=O)c1cc2cccc(O)c2cc1O. The third-order valence-corrected chi connectivity index (χ3v) is 8.16. The van der Waals surface area contributed by atoms with Crippen molar-refractivity contribution in [2.45, 2.75) is 43.9 Å². The number of aromatic hydroxyl groups is 2. The molecule has 2 fully saturated rings. The number of carbonyl (C=O) groups is 1. The summed E-state index contributed by atoms with van der Waals surface area (Å²) >= 11 is 0. The van der Waals surface area contributed by atoms with Crippen molar-refractivity contribution < 1.29 is 15.0 Å². The number of aromatic nitrogens is 3. The Bertz CT molecular complexity index is 1670. The quantitative estimate of drug-likeness (QED) is 0.154. The summed E-state index contributed by atoms with van der Waals surface area (Å²) in [4.78, 5) is 31.3. The molecule has 0 saturated carbocycles. The summed E-state index contributed by atoms with van der Waals surface area (Å²) in [5, 5.41) is 27.8. The number of hydrogen-bond donors (Lipinski definition) is 8. The lowest BCUT2D eigenvalue weighted by atomic mass is 10.0. The van der Waals surface area contributed by atoms with Crippen LogP contribution in [0.5, 0.6) is 11.5 Å². The lowest BCUT2D eigenvalue weighted by molar-refractivity contribution is 0.102. The number of nitrogens with zero attached hydrogens (tertiary/aromatic N) is 5. The molecular formula is C31H39N11O3. The third-order valence-electron chi connectivity index (χ3n) is 8.16. The van der Waals surface area contributed by atoms with Gasteiger partial charge in [0.1, 0.15) is 11.5 Å². The maximum absolute atomic E-state index is 13.1. The van der Waals surface area contributed by atoms with E-state index in [0.29, 0.717) is 66.2 Å². The van der Waals surface area contributed by atoms with Crippen LogP contribution < -0.4 is 43.4 Å². The molecule has 2 saturated heterocycles. The largest absolute Gasteiger partial charge is 0.507 e. The Balaban J connectivity index is 1.25. The number of nitrogens with two attached hydrogens (primary N) is 4. The van der Waals surface area contributed by atoms with Crippen molar-refractivity contribution in [2.24, 2.45) is 22.9 Å². The van der Waals surface area contributed by atoms with E-state index in [9.17, 15) is 15.0 Å². The number of anilines is 5. The zero-order valence-electron chi connectivity index (χ0n) is 25.0. The van der Waals surface area contributed by atoms with Crippen LogP contribution in [0.1, 0.15) is 28.8 Å². The number of piperidine rings is 2. The van der Waals surface area contributed by atoms with Crippen LogP contribution in [-0.2, 0) is 0 Å². The van der Waals surface area contributed by atoms with Gasteiger partial charge >= 0.3 is 0 Å². The predicted octanol–water partition coefficient (Wildman–Crippen LogP) is 1.47. The third kappa shape index (κ3) is 6.68. The molecule has 236 valence electrons. The second kappa shape index (κ2) is 12.3. The first-order chi connectivity index (χ1) is 21.5. The van der Waals surface area contributed by atoms with Crippen LogP contribution in [-0.4, -0.2) is 81.4 Å². The van der Waals surface area contributed by atoms with Gasteiger partial charge in [-0.3, -0.25) is 4.79 Å². The smallest absolute Gasteiger partial charge is 0.259 e. The van der Waals surface area contributed by atoms with Crippen molar-refractivity contribution in [3.05, 3.63) is 59.7 Å². The number of carbonyl (C=O) groups excluding carboxylic acids is 1. The Morgan fingerprint density at radius 3 is 1.98 bits per heavy atom. The van der Waals surface area contributed by atoms with Crippen molar-refractivity contribution >= 4 is 45.9 Å². The molecule has 0 bridgehead atoms. The number of amides is 1. The van der Waals surface area contributed by atoms with Gasteiger partial charge in [0.05, 0.1) is 5.56 Å². The molecule has 0 aliphatic carbocycles. The average Bonchev–Trinajstić information content (AvgIpc) is 2.97.